The first-order valence-electron chi connectivity index (χ1n) is 4.39. The summed E-state index contributed by atoms with van der Waals surface area (Å²) in [5.74, 6) is 0.123. The Labute approximate surface area is 78.1 Å². The van der Waals surface area contributed by atoms with Crippen molar-refractivity contribution in [1.29, 1.82) is 0 Å². The molecule has 0 fully saturated rings. The molecular weight excluding hydrogens is 166 g/mol. The van der Waals surface area contributed by atoms with Gasteiger partial charge in [0.2, 0.25) is 0 Å². The van der Waals surface area contributed by atoms with Crippen molar-refractivity contribution in [2.45, 2.75) is 20.0 Å². The fourth-order valence-electron chi connectivity index (χ4n) is 1.01. The lowest BCUT2D eigenvalue weighted by atomic mass is 10.2. The smallest absolute Gasteiger partial charge is 0.138 e. The zero-order valence-corrected chi connectivity index (χ0v) is 7.79. The largest absolute Gasteiger partial charge is 0.506 e. The molecule has 0 aliphatic heterocycles. The topological polar surface area (TPSA) is 55.5 Å². The summed E-state index contributed by atoms with van der Waals surface area (Å²) in [7, 11) is 0. The summed E-state index contributed by atoms with van der Waals surface area (Å²) < 4.78 is 5.31. The molecule has 0 saturated carbocycles. The molecule has 0 heterocycles. The van der Waals surface area contributed by atoms with E-state index in [0.29, 0.717) is 12.3 Å². The molecule has 0 aliphatic rings. The molecule has 72 valence electrons. The van der Waals surface area contributed by atoms with Gasteiger partial charge in [-0.1, -0.05) is 13.0 Å². The Kier molecular flexibility index (Phi) is 3.58. The Bertz CT molecular complexity index is 274. The number of nitrogen functional groups attached to an aromatic ring is 1. The molecule has 0 radical (unpaired) electrons. The molecule has 0 aromatic heterocycles. The normalized spacial score (nSPS) is 10.2. The number of phenolic OH excluding ortho intramolecular Hbond substituents is 1. The van der Waals surface area contributed by atoms with Gasteiger partial charge in [-0.25, -0.2) is 0 Å². The zero-order chi connectivity index (χ0) is 9.68. The van der Waals surface area contributed by atoms with Gasteiger partial charge in [-0.15, -0.1) is 0 Å². The van der Waals surface area contributed by atoms with Crippen LogP contribution >= 0.6 is 0 Å². The van der Waals surface area contributed by atoms with Gasteiger partial charge in [-0.2, -0.15) is 0 Å². The van der Waals surface area contributed by atoms with E-state index < -0.39 is 0 Å². The third-order valence-corrected chi connectivity index (χ3v) is 1.71. The first-order valence-corrected chi connectivity index (χ1v) is 4.39. The van der Waals surface area contributed by atoms with Crippen molar-refractivity contribution >= 4 is 5.69 Å². The van der Waals surface area contributed by atoms with Crippen LogP contribution in [0.1, 0.15) is 18.9 Å². The molecule has 0 saturated heterocycles. The van der Waals surface area contributed by atoms with E-state index in [1.807, 2.05) is 6.07 Å². The summed E-state index contributed by atoms with van der Waals surface area (Å²) in [5, 5.41) is 9.28. The number of ether oxygens (including phenoxy) is 1. The van der Waals surface area contributed by atoms with Crippen molar-refractivity contribution in [1.82, 2.24) is 0 Å². The van der Waals surface area contributed by atoms with Gasteiger partial charge in [-0.05, 0) is 24.1 Å². The number of hydrogen-bond acceptors (Lipinski definition) is 3. The molecule has 0 amide bonds. The van der Waals surface area contributed by atoms with Gasteiger partial charge in [0.15, 0.2) is 0 Å². The van der Waals surface area contributed by atoms with E-state index in [1.54, 1.807) is 12.1 Å². The first-order chi connectivity index (χ1) is 6.24. The highest BCUT2D eigenvalue weighted by atomic mass is 16.5. The summed E-state index contributed by atoms with van der Waals surface area (Å²) >= 11 is 0. The maximum Gasteiger partial charge on any atom is 0.138 e. The number of nitrogens with two attached hydrogens (primary N) is 1. The Hall–Kier alpha value is -1.22. The average molecular weight is 181 g/mol. The standard InChI is InChI=1S/C10H15NO2/c1-2-5-13-7-8-3-4-9(11)10(12)6-8/h3-4,6,12H,2,5,7,11H2,1H3. The van der Waals surface area contributed by atoms with Crippen molar-refractivity contribution < 1.29 is 9.84 Å². The van der Waals surface area contributed by atoms with Crippen LogP contribution in [0.25, 0.3) is 0 Å². The van der Waals surface area contributed by atoms with Crippen LogP contribution in [0.15, 0.2) is 18.2 Å². The second-order valence-corrected chi connectivity index (χ2v) is 2.95. The molecule has 3 heteroatoms. The van der Waals surface area contributed by atoms with Gasteiger partial charge in [0.1, 0.15) is 5.75 Å². The third kappa shape index (κ3) is 2.95. The van der Waals surface area contributed by atoms with Crippen LogP contribution in [0, 0.1) is 0 Å². The van der Waals surface area contributed by atoms with Gasteiger partial charge in [-0.3, -0.25) is 0 Å². The van der Waals surface area contributed by atoms with E-state index in [1.165, 1.54) is 0 Å². The minimum atomic E-state index is 0.123. The maximum absolute atomic E-state index is 9.28. The molecule has 1 aromatic rings. The molecule has 0 spiro atoms. The minimum Gasteiger partial charge on any atom is -0.506 e. The molecule has 0 atom stereocenters. The van der Waals surface area contributed by atoms with Crippen LogP contribution in [0.2, 0.25) is 0 Å². The van der Waals surface area contributed by atoms with Gasteiger partial charge >= 0.3 is 0 Å². The number of benzene rings is 1. The average Bonchev–Trinajstić information content (AvgIpc) is 2.12. The van der Waals surface area contributed by atoms with E-state index in [2.05, 4.69) is 6.92 Å². The summed E-state index contributed by atoms with van der Waals surface area (Å²) in [5.41, 5.74) is 6.80. The molecule has 3 nitrogen and oxygen atoms in total. The number of phenols is 1. The molecular formula is C10H15NO2. The van der Waals surface area contributed by atoms with E-state index >= 15 is 0 Å². The maximum atomic E-state index is 9.28. The Morgan fingerprint density at radius 2 is 2.23 bits per heavy atom. The van der Waals surface area contributed by atoms with Gasteiger partial charge in [0.05, 0.1) is 12.3 Å². The summed E-state index contributed by atoms with van der Waals surface area (Å²) in [6.07, 6.45) is 1.00. The van der Waals surface area contributed by atoms with Crippen LogP contribution in [0.5, 0.6) is 5.75 Å². The molecule has 3 N–H and O–H groups in total. The number of hydrogen-bond donors (Lipinski definition) is 2. The highest BCUT2D eigenvalue weighted by Crippen LogP contribution is 2.20. The predicted molar refractivity (Wildman–Crippen MR) is 52.5 cm³/mol. The van der Waals surface area contributed by atoms with Crippen LogP contribution in [0.4, 0.5) is 5.69 Å². The highest BCUT2D eigenvalue weighted by molar-refractivity contribution is 5.52. The second-order valence-electron chi connectivity index (χ2n) is 2.95. The van der Waals surface area contributed by atoms with Crippen molar-refractivity contribution in [3.05, 3.63) is 23.8 Å². The highest BCUT2D eigenvalue weighted by Gasteiger charge is 1.98. The van der Waals surface area contributed by atoms with Gasteiger partial charge in [0.25, 0.3) is 0 Å². The molecule has 0 unspecified atom stereocenters. The van der Waals surface area contributed by atoms with Crippen LogP contribution in [-0.2, 0) is 11.3 Å². The Morgan fingerprint density at radius 3 is 2.85 bits per heavy atom. The summed E-state index contributed by atoms with van der Waals surface area (Å²) in [6.45, 7) is 3.33. The van der Waals surface area contributed by atoms with E-state index in [4.69, 9.17) is 10.5 Å². The Morgan fingerprint density at radius 1 is 1.46 bits per heavy atom. The minimum absolute atomic E-state index is 0.123. The zero-order valence-electron chi connectivity index (χ0n) is 7.79. The lowest BCUT2D eigenvalue weighted by Gasteiger charge is -2.04. The lowest BCUT2D eigenvalue weighted by Crippen LogP contribution is -1.94. The number of aromatic hydroxyl groups is 1. The van der Waals surface area contributed by atoms with Crippen LogP contribution in [-0.4, -0.2) is 11.7 Å². The molecule has 0 aliphatic carbocycles. The van der Waals surface area contributed by atoms with Crippen LogP contribution < -0.4 is 5.73 Å². The van der Waals surface area contributed by atoms with Crippen molar-refractivity contribution in [2.24, 2.45) is 0 Å². The third-order valence-electron chi connectivity index (χ3n) is 1.71. The summed E-state index contributed by atoms with van der Waals surface area (Å²) in [6, 6.07) is 5.16. The monoisotopic (exact) mass is 181 g/mol. The van der Waals surface area contributed by atoms with E-state index in [0.717, 1.165) is 18.6 Å². The van der Waals surface area contributed by atoms with Crippen LogP contribution in [0.3, 0.4) is 0 Å². The SMILES string of the molecule is CCCOCc1ccc(N)c(O)c1. The fraction of sp³-hybridized carbons (Fsp3) is 0.400. The quantitative estimate of drug-likeness (QED) is 0.424. The molecule has 0 bridgehead atoms. The van der Waals surface area contributed by atoms with Gasteiger partial charge < -0.3 is 15.6 Å². The number of rotatable bonds is 4. The Balaban J connectivity index is 2.53. The first kappa shape index (κ1) is 9.86. The van der Waals surface area contributed by atoms with Crippen molar-refractivity contribution in [2.75, 3.05) is 12.3 Å². The fourth-order valence-corrected chi connectivity index (χ4v) is 1.01. The van der Waals surface area contributed by atoms with Crippen molar-refractivity contribution in [3.8, 4) is 5.75 Å². The molecule has 13 heavy (non-hydrogen) atoms. The molecule has 1 aromatic carbocycles. The number of anilines is 1. The van der Waals surface area contributed by atoms with E-state index in [9.17, 15) is 5.11 Å². The van der Waals surface area contributed by atoms with Gasteiger partial charge in [0, 0.05) is 6.61 Å². The predicted octanol–water partition coefficient (Wildman–Crippen LogP) is 1.90. The van der Waals surface area contributed by atoms with E-state index in [-0.39, 0.29) is 5.75 Å². The lowest BCUT2D eigenvalue weighted by molar-refractivity contribution is 0.121. The second kappa shape index (κ2) is 4.72. The van der Waals surface area contributed by atoms with Crippen molar-refractivity contribution in [3.63, 3.8) is 0 Å². The summed E-state index contributed by atoms with van der Waals surface area (Å²) in [4.78, 5) is 0. The molecule has 1 rings (SSSR count).